The van der Waals surface area contributed by atoms with Gasteiger partial charge in [0.2, 0.25) is 5.91 Å². The van der Waals surface area contributed by atoms with E-state index in [1.807, 2.05) is 37.3 Å². The SMILES string of the molecule is CC(CCCC(=O)O)NC(=O)CCOc1ccccc1. The Labute approximate surface area is 118 Å². The van der Waals surface area contributed by atoms with Crippen molar-refractivity contribution in [2.24, 2.45) is 0 Å². The molecule has 110 valence electrons. The van der Waals surface area contributed by atoms with E-state index in [-0.39, 0.29) is 24.8 Å². The Balaban J connectivity index is 2.12. The summed E-state index contributed by atoms with van der Waals surface area (Å²) < 4.78 is 5.43. The van der Waals surface area contributed by atoms with Gasteiger partial charge in [-0.15, -0.1) is 0 Å². The molecule has 0 heterocycles. The van der Waals surface area contributed by atoms with E-state index in [4.69, 9.17) is 9.84 Å². The highest BCUT2D eigenvalue weighted by Crippen LogP contribution is 2.08. The number of hydrogen-bond acceptors (Lipinski definition) is 3. The summed E-state index contributed by atoms with van der Waals surface area (Å²) in [5.41, 5.74) is 0. The number of hydrogen-bond donors (Lipinski definition) is 2. The number of aliphatic carboxylic acids is 1. The summed E-state index contributed by atoms with van der Waals surface area (Å²) in [5, 5.41) is 11.4. The van der Waals surface area contributed by atoms with Gasteiger partial charge in [0, 0.05) is 12.5 Å². The molecule has 1 aromatic rings. The molecule has 0 aromatic heterocycles. The van der Waals surface area contributed by atoms with Gasteiger partial charge >= 0.3 is 5.97 Å². The van der Waals surface area contributed by atoms with Crippen LogP contribution in [-0.4, -0.2) is 29.6 Å². The second kappa shape index (κ2) is 8.96. The lowest BCUT2D eigenvalue weighted by Gasteiger charge is -2.13. The molecule has 0 fully saturated rings. The summed E-state index contributed by atoms with van der Waals surface area (Å²) in [4.78, 5) is 22.0. The van der Waals surface area contributed by atoms with Crippen molar-refractivity contribution >= 4 is 11.9 Å². The third kappa shape index (κ3) is 7.41. The van der Waals surface area contributed by atoms with Crippen LogP contribution in [0.1, 0.15) is 32.6 Å². The van der Waals surface area contributed by atoms with E-state index in [1.54, 1.807) is 0 Å². The summed E-state index contributed by atoms with van der Waals surface area (Å²) in [6, 6.07) is 9.32. The zero-order valence-electron chi connectivity index (χ0n) is 11.7. The molecule has 2 N–H and O–H groups in total. The van der Waals surface area contributed by atoms with E-state index in [9.17, 15) is 9.59 Å². The first kappa shape index (κ1) is 16.0. The summed E-state index contributed by atoms with van der Waals surface area (Å²) in [7, 11) is 0. The van der Waals surface area contributed by atoms with E-state index in [0.29, 0.717) is 19.4 Å². The fraction of sp³-hybridized carbons (Fsp3) is 0.467. The minimum atomic E-state index is -0.806. The number of carbonyl (C=O) groups excluding carboxylic acids is 1. The molecule has 0 saturated carbocycles. The smallest absolute Gasteiger partial charge is 0.303 e. The second-order valence-corrected chi connectivity index (χ2v) is 4.67. The number of carboxylic acids is 1. The Hall–Kier alpha value is -2.04. The van der Waals surface area contributed by atoms with Crippen LogP contribution in [0.5, 0.6) is 5.75 Å². The van der Waals surface area contributed by atoms with Crippen molar-refractivity contribution in [3.63, 3.8) is 0 Å². The Bertz CT molecular complexity index is 419. The quantitative estimate of drug-likeness (QED) is 0.726. The van der Waals surface area contributed by atoms with Gasteiger partial charge in [-0.1, -0.05) is 18.2 Å². The summed E-state index contributed by atoms with van der Waals surface area (Å²) >= 11 is 0. The van der Waals surface area contributed by atoms with Crippen molar-refractivity contribution in [1.29, 1.82) is 0 Å². The Morgan fingerprint density at radius 3 is 2.60 bits per heavy atom. The molecule has 1 aromatic carbocycles. The van der Waals surface area contributed by atoms with Crippen LogP contribution in [0.3, 0.4) is 0 Å². The van der Waals surface area contributed by atoms with Crippen LogP contribution < -0.4 is 10.1 Å². The molecular weight excluding hydrogens is 258 g/mol. The highest BCUT2D eigenvalue weighted by atomic mass is 16.5. The van der Waals surface area contributed by atoms with Crippen LogP contribution in [0, 0.1) is 0 Å². The Kier molecular flexibility index (Phi) is 7.17. The van der Waals surface area contributed by atoms with Gasteiger partial charge in [-0.2, -0.15) is 0 Å². The summed E-state index contributed by atoms with van der Waals surface area (Å²) in [5.74, 6) is -0.140. The van der Waals surface area contributed by atoms with E-state index < -0.39 is 5.97 Å². The average Bonchev–Trinajstić information content (AvgIpc) is 2.39. The van der Waals surface area contributed by atoms with Crippen molar-refractivity contribution in [2.45, 2.75) is 38.6 Å². The van der Waals surface area contributed by atoms with Crippen molar-refractivity contribution in [3.05, 3.63) is 30.3 Å². The van der Waals surface area contributed by atoms with Crippen LogP contribution >= 0.6 is 0 Å². The maximum Gasteiger partial charge on any atom is 0.303 e. The molecular formula is C15H21NO4. The Morgan fingerprint density at radius 1 is 1.25 bits per heavy atom. The molecule has 0 spiro atoms. The molecule has 20 heavy (non-hydrogen) atoms. The van der Waals surface area contributed by atoms with Crippen LogP contribution in [0.15, 0.2) is 30.3 Å². The fourth-order valence-electron chi connectivity index (χ4n) is 1.76. The first-order valence-electron chi connectivity index (χ1n) is 6.77. The number of para-hydroxylation sites is 1. The molecule has 1 amide bonds. The molecule has 0 aliphatic carbocycles. The van der Waals surface area contributed by atoms with Gasteiger partial charge in [-0.3, -0.25) is 9.59 Å². The first-order chi connectivity index (χ1) is 9.58. The zero-order chi connectivity index (χ0) is 14.8. The number of carbonyl (C=O) groups is 2. The number of ether oxygens (including phenoxy) is 1. The molecule has 1 rings (SSSR count). The number of nitrogens with one attached hydrogen (secondary N) is 1. The van der Waals surface area contributed by atoms with Gasteiger partial charge in [0.25, 0.3) is 0 Å². The number of rotatable bonds is 9. The third-order valence-electron chi connectivity index (χ3n) is 2.78. The maximum atomic E-state index is 11.6. The molecule has 0 radical (unpaired) electrons. The van der Waals surface area contributed by atoms with Crippen molar-refractivity contribution < 1.29 is 19.4 Å². The summed E-state index contributed by atoms with van der Waals surface area (Å²) in [6.45, 7) is 2.20. The lowest BCUT2D eigenvalue weighted by molar-refractivity contribution is -0.137. The molecule has 1 atom stereocenters. The molecule has 1 unspecified atom stereocenters. The van der Waals surface area contributed by atoms with Crippen LogP contribution in [0.2, 0.25) is 0 Å². The van der Waals surface area contributed by atoms with Crippen LogP contribution in [0.4, 0.5) is 0 Å². The average molecular weight is 279 g/mol. The predicted molar refractivity (Wildman–Crippen MR) is 75.6 cm³/mol. The minimum Gasteiger partial charge on any atom is -0.493 e. The molecule has 5 heteroatoms. The Morgan fingerprint density at radius 2 is 1.95 bits per heavy atom. The normalized spacial score (nSPS) is 11.7. The van der Waals surface area contributed by atoms with Gasteiger partial charge in [0.1, 0.15) is 5.75 Å². The van der Waals surface area contributed by atoms with Crippen molar-refractivity contribution in [2.75, 3.05) is 6.61 Å². The molecule has 0 saturated heterocycles. The third-order valence-corrected chi connectivity index (χ3v) is 2.78. The van der Waals surface area contributed by atoms with Gasteiger partial charge in [0.05, 0.1) is 13.0 Å². The van der Waals surface area contributed by atoms with E-state index in [0.717, 1.165) is 5.75 Å². The lowest BCUT2D eigenvalue weighted by Crippen LogP contribution is -2.33. The molecule has 0 aliphatic rings. The topological polar surface area (TPSA) is 75.6 Å². The minimum absolute atomic E-state index is 0.0152. The number of carboxylic acid groups (broad SMARTS) is 1. The van der Waals surface area contributed by atoms with Crippen molar-refractivity contribution in [1.82, 2.24) is 5.32 Å². The highest BCUT2D eigenvalue weighted by Gasteiger charge is 2.08. The monoisotopic (exact) mass is 279 g/mol. The van der Waals surface area contributed by atoms with Gasteiger partial charge < -0.3 is 15.2 Å². The second-order valence-electron chi connectivity index (χ2n) is 4.67. The lowest BCUT2D eigenvalue weighted by atomic mass is 10.1. The fourth-order valence-corrected chi connectivity index (χ4v) is 1.76. The first-order valence-corrected chi connectivity index (χ1v) is 6.77. The largest absolute Gasteiger partial charge is 0.493 e. The molecule has 5 nitrogen and oxygen atoms in total. The molecule has 0 bridgehead atoms. The summed E-state index contributed by atoms with van der Waals surface area (Å²) in [6.07, 6.45) is 1.66. The molecule has 0 aliphatic heterocycles. The van der Waals surface area contributed by atoms with E-state index >= 15 is 0 Å². The van der Waals surface area contributed by atoms with Crippen LogP contribution in [-0.2, 0) is 9.59 Å². The number of benzene rings is 1. The van der Waals surface area contributed by atoms with Gasteiger partial charge in [-0.25, -0.2) is 0 Å². The van der Waals surface area contributed by atoms with Gasteiger partial charge in [0.15, 0.2) is 0 Å². The van der Waals surface area contributed by atoms with Crippen molar-refractivity contribution in [3.8, 4) is 5.75 Å². The predicted octanol–water partition coefficient (Wildman–Crippen LogP) is 2.22. The highest BCUT2D eigenvalue weighted by molar-refractivity contribution is 5.76. The maximum absolute atomic E-state index is 11.6. The van der Waals surface area contributed by atoms with E-state index in [2.05, 4.69) is 5.32 Å². The van der Waals surface area contributed by atoms with E-state index in [1.165, 1.54) is 0 Å². The van der Waals surface area contributed by atoms with Crippen LogP contribution in [0.25, 0.3) is 0 Å². The number of amides is 1. The van der Waals surface area contributed by atoms with Gasteiger partial charge in [-0.05, 0) is 31.9 Å². The standard InChI is InChI=1S/C15H21NO4/c1-12(6-5-9-15(18)19)16-14(17)10-11-20-13-7-3-2-4-8-13/h2-4,7-8,12H,5-6,9-11H2,1H3,(H,16,17)(H,18,19). The zero-order valence-corrected chi connectivity index (χ0v) is 11.7.